The van der Waals surface area contributed by atoms with Crippen LogP contribution in [0.15, 0.2) is 260 Å². The molecule has 1 aliphatic carbocycles. The first-order valence-corrected chi connectivity index (χ1v) is 24.8. The zero-order chi connectivity index (χ0) is 47.0. The van der Waals surface area contributed by atoms with Crippen LogP contribution in [-0.2, 0) is 6.54 Å². The van der Waals surface area contributed by atoms with Gasteiger partial charge in [0.25, 0.3) is 0 Å². The van der Waals surface area contributed by atoms with Crippen molar-refractivity contribution in [3.05, 3.63) is 260 Å². The number of para-hydroxylation sites is 7. The molecule has 5 nitrogen and oxygen atoms in total. The van der Waals surface area contributed by atoms with Crippen LogP contribution in [0.25, 0.3) is 98.6 Å². The predicted molar refractivity (Wildman–Crippen MR) is 300 cm³/mol. The maximum Gasteiger partial charge on any atom is 0.0785 e. The molecule has 0 saturated heterocycles. The van der Waals surface area contributed by atoms with Crippen molar-refractivity contribution < 1.29 is 0 Å². The van der Waals surface area contributed by atoms with Gasteiger partial charge in [-0.05, 0) is 86.2 Å². The molecule has 1 atom stereocenters. The summed E-state index contributed by atoms with van der Waals surface area (Å²) in [5.74, 6) is 0. The summed E-state index contributed by atoms with van der Waals surface area (Å²) < 4.78 is 10.1. The van der Waals surface area contributed by atoms with Crippen LogP contribution in [0.4, 0.5) is 5.69 Å². The Morgan fingerprint density at radius 2 is 0.915 bits per heavy atom. The third-order valence-electron chi connectivity index (χ3n) is 14.9. The van der Waals surface area contributed by atoms with E-state index in [9.17, 15) is 0 Å². The molecule has 0 amide bonds. The van der Waals surface area contributed by atoms with E-state index in [2.05, 4.69) is 279 Å². The molecule has 0 saturated carbocycles. The van der Waals surface area contributed by atoms with E-state index in [0.717, 1.165) is 34.9 Å². The fraction of sp³-hybridized carbons (Fsp3) is 0.0606. The number of rotatable bonds is 9. The largest absolute Gasteiger partial charge is 0.335 e. The number of allylic oxidation sites excluding steroid dienone is 6. The van der Waals surface area contributed by atoms with Gasteiger partial charge < -0.3 is 23.2 Å². The maximum absolute atomic E-state index is 2.61. The first-order chi connectivity index (χ1) is 35.2. The van der Waals surface area contributed by atoms with E-state index in [1.807, 2.05) is 0 Å². The van der Waals surface area contributed by atoms with Gasteiger partial charge in [0, 0.05) is 89.1 Å². The van der Waals surface area contributed by atoms with E-state index >= 15 is 0 Å². The Morgan fingerprint density at radius 3 is 1.46 bits per heavy atom. The van der Waals surface area contributed by atoms with Crippen molar-refractivity contribution in [1.29, 1.82) is 0 Å². The summed E-state index contributed by atoms with van der Waals surface area (Å²) in [4.78, 5) is 2.41. The lowest BCUT2D eigenvalue weighted by Crippen LogP contribution is -2.22. The van der Waals surface area contributed by atoms with Gasteiger partial charge in [-0.15, -0.1) is 0 Å². The van der Waals surface area contributed by atoms with Crippen molar-refractivity contribution in [3.63, 3.8) is 0 Å². The zero-order valence-corrected chi connectivity index (χ0v) is 39.4. The number of hydrogen-bond acceptors (Lipinski definition) is 1. The van der Waals surface area contributed by atoms with Crippen molar-refractivity contribution in [1.82, 2.24) is 18.3 Å². The number of benzene rings is 9. The molecule has 0 bridgehead atoms. The minimum absolute atomic E-state index is 0.0924. The lowest BCUT2D eigenvalue weighted by molar-refractivity contribution is 0.643. The lowest BCUT2D eigenvalue weighted by atomic mass is 10.0. The average Bonchev–Trinajstić information content (AvgIpc) is 4.17. The lowest BCUT2D eigenvalue weighted by Gasteiger charge is -2.30. The number of fused-ring (bicyclic) bond motifs is 14. The second-order valence-corrected chi connectivity index (χ2v) is 18.7. The number of nitrogens with zero attached hydrogens (tertiary/aromatic N) is 5. The molecule has 0 spiro atoms. The molecule has 0 aliphatic heterocycles. The molecule has 4 aromatic heterocycles. The van der Waals surface area contributed by atoms with Crippen molar-refractivity contribution in [2.75, 3.05) is 4.90 Å². The van der Waals surface area contributed by atoms with Crippen LogP contribution in [-0.4, -0.2) is 18.3 Å². The monoisotopic (exact) mass is 911 g/mol. The van der Waals surface area contributed by atoms with Gasteiger partial charge >= 0.3 is 0 Å². The maximum atomic E-state index is 2.61. The Bertz CT molecular complexity index is 4340. The topological polar surface area (TPSA) is 23.0 Å². The van der Waals surface area contributed by atoms with Crippen LogP contribution in [0.1, 0.15) is 19.4 Å². The van der Waals surface area contributed by atoms with Crippen LogP contribution < -0.4 is 4.90 Å². The van der Waals surface area contributed by atoms with E-state index < -0.39 is 0 Å². The quantitative estimate of drug-likeness (QED) is 0.132. The number of anilines is 1. The van der Waals surface area contributed by atoms with E-state index in [4.69, 9.17) is 0 Å². The van der Waals surface area contributed by atoms with Crippen LogP contribution >= 0.6 is 0 Å². The standard InChI is InChI=1S/C66H49N5/c1-2-45(27-20-44-67-59-32-16-12-28-51(59)55-40-41-56-52-29-13-17-33-60(52)69(64(56)63(55)67)47-23-8-4-9-24-47)68(46-21-6-3-7-22-46)49-36-38-50(39-37-49)71-62-35-19-15-31-54(62)58-43-42-57-53-30-14-18-34-61(53)70(65(57)66(58)71)48-25-10-5-11-26-48/h2-38,40-43,50H,39,44H2,1H3/b27-20-,45-2+. The Kier molecular flexibility index (Phi) is 9.56. The first-order valence-electron chi connectivity index (χ1n) is 24.8. The van der Waals surface area contributed by atoms with Crippen LogP contribution in [0, 0.1) is 0 Å². The first kappa shape index (κ1) is 41.0. The highest BCUT2D eigenvalue weighted by molar-refractivity contribution is 6.24. The molecule has 0 N–H and O–H groups in total. The summed E-state index contributed by atoms with van der Waals surface area (Å²) in [6, 6.07) is 77.4. The van der Waals surface area contributed by atoms with E-state index in [1.165, 1.54) is 87.2 Å². The summed E-state index contributed by atoms with van der Waals surface area (Å²) in [7, 11) is 0. The third-order valence-corrected chi connectivity index (χ3v) is 14.9. The Hall–Kier alpha value is -9.06. The molecule has 5 heteroatoms. The van der Waals surface area contributed by atoms with E-state index in [1.54, 1.807) is 0 Å². The van der Waals surface area contributed by atoms with Gasteiger partial charge in [0.1, 0.15) is 0 Å². The van der Waals surface area contributed by atoms with Crippen molar-refractivity contribution in [2.24, 2.45) is 0 Å². The minimum Gasteiger partial charge on any atom is -0.335 e. The van der Waals surface area contributed by atoms with Crippen LogP contribution in [0.2, 0.25) is 0 Å². The van der Waals surface area contributed by atoms with Gasteiger partial charge in [-0.1, -0.05) is 176 Å². The smallest absolute Gasteiger partial charge is 0.0785 e. The Labute approximate surface area is 411 Å². The second-order valence-electron chi connectivity index (χ2n) is 18.7. The zero-order valence-electron chi connectivity index (χ0n) is 39.4. The molecule has 1 unspecified atom stereocenters. The predicted octanol–water partition coefficient (Wildman–Crippen LogP) is 17.1. The normalized spacial score (nSPS) is 14.5. The molecule has 0 fully saturated rings. The van der Waals surface area contributed by atoms with Gasteiger partial charge in [-0.3, -0.25) is 0 Å². The molecule has 13 aromatic rings. The summed E-state index contributed by atoms with van der Waals surface area (Å²) in [6.07, 6.45) is 14.9. The number of hydrogen-bond donors (Lipinski definition) is 0. The molecule has 71 heavy (non-hydrogen) atoms. The molecular formula is C66H49N5. The van der Waals surface area contributed by atoms with E-state index in [0.29, 0.717) is 6.54 Å². The molecule has 338 valence electrons. The third kappa shape index (κ3) is 6.33. The van der Waals surface area contributed by atoms with Gasteiger partial charge in [-0.25, -0.2) is 0 Å². The second kappa shape index (κ2) is 16.6. The molecule has 4 heterocycles. The van der Waals surface area contributed by atoms with Gasteiger partial charge in [0.05, 0.1) is 39.1 Å². The summed E-state index contributed by atoms with van der Waals surface area (Å²) in [5.41, 5.74) is 15.6. The minimum atomic E-state index is 0.0924. The molecule has 1 aliphatic rings. The van der Waals surface area contributed by atoms with Gasteiger partial charge in [-0.2, -0.15) is 0 Å². The van der Waals surface area contributed by atoms with Crippen LogP contribution in [0.3, 0.4) is 0 Å². The van der Waals surface area contributed by atoms with E-state index in [-0.39, 0.29) is 6.04 Å². The summed E-state index contributed by atoms with van der Waals surface area (Å²) >= 11 is 0. The Balaban J connectivity index is 0.875. The fourth-order valence-electron chi connectivity index (χ4n) is 11.9. The van der Waals surface area contributed by atoms with Gasteiger partial charge in [0.2, 0.25) is 0 Å². The average molecular weight is 912 g/mol. The highest BCUT2D eigenvalue weighted by Crippen LogP contribution is 2.44. The fourth-order valence-corrected chi connectivity index (χ4v) is 11.9. The Morgan fingerprint density at radius 1 is 0.465 bits per heavy atom. The van der Waals surface area contributed by atoms with Crippen LogP contribution in [0.5, 0.6) is 0 Å². The number of aromatic nitrogens is 4. The van der Waals surface area contributed by atoms with Crippen molar-refractivity contribution >= 4 is 92.9 Å². The highest BCUT2D eigenvalue weighted by Gasteiger charge is 2.26. The summed E-state index contributed by atoms with van der Waals surface area (Å²) in [6.45, 7) is 2.85. The molecule has 0 radical (unpaired) electrons. The molecule has 9 aromatic carbocycles. The van der Waals surface area contributed by atoms with Crippen molar-refractivity contribution in [3.8, 4) is 11.4 Å². The van der Waals surface area contributed by atoms with Gasteiger partial charge in [0.15, 0.2) is 0 Å². The molecular weight excluding hydrogens is 863 g/mol. The SMILES string of the molecule is C/C=C(\C=C/Cn1c2ccccc2c2ccc3c4ccccc4n(-c4ccccc4)c3c21)N(C1=CCC(n2c3ccccc3c3ccc4c5ccccc5n(-c5ccccc5)c4c32)C=C1)c1ccccc1. The summed E-state index contributed by atoms with van der Waals surface area (Å²) in [5, 5.41) is 10.1. The highest BCUT2D eigenvalue weighted by atomic mass is 15.2. The van der Waals surface area contributed by atoms with Crippen molar-refractivity contribution in [2.45, 2.75) is 25.9 Å². The molecule has 14 rings (SSSR count).